The van der Waals surface area contributed by atoms with Gasteiger partial charge in [-0.1, -0.05) is 0 Å². The summed E-state index contributed by atoms with van der Waals surface area (Å²) in [6, 6.07) is 0. The molecule has 2 aliphatic carbocycles. The minimum Gasteiger partial charge on any atom is -0.481 e. The van der Waals surface area contributed by atoms with Gasteiger partial charge in [-0.15, -0.1) is 0 Å². The number of fused-ring (bicyclic) bond motifs is 1. The smallest absolute Gasteiger partial charge is 0.310 e. The normalized spacial score (nSPS) is 53.8. The molecule has 1 N–H and O–H groups in total. The monoisotopic (exact) mass is 162 g/mol. The highest BCUT2D eigenvalue weighted by molar-refractivity contribution is 5.77. The second kappa shape index (κ2) is 1.73. The summed E-state index contributed by atoms with van der Waals surface area (Å²) in [4.78, 5) is 10.3. The van der Waals surface area contributed by atoms with E-state index in [0.717, 1.165) is 0 Å². The summed E-state index contributed by atoms with van der Waals surface area (Å²) in [7, 11) is 0. The molecule has 0 amide bonds. The number of aliphatic carboxylic acids is 1. The van der Waals surface area contributed by atoms with Crippen molar-refractivity contribution in [3.05, 3.63) is 0 Å². The van der Waals surface area contributed by atoms with Crippen LogP contribution in [0.2, 0.25) is 0 Å². The Bertz CT molecular complexity index is 218. The number of halogens is 2. The molecule has 62 valence electrons. The third-order valence-corrected chi connectivity index (χ3v) is 2.82. The van der Waals surface area contributed by atoms with Crippen LogP contribution in [-0.2, 0) is 4.79 Å². The summed E-state index contributed by atoms with van der Waals surface area (Å²) in [5.41, 5.74) is -2.01. The SMILES string of the molecule is O=C(O)C1C2CCC(F)C21F. The molecule has 0 bridgehead atoms. The molecular weight excluding hydrogens is 154 g/mol. The molecule has 4 unspecified atom stereocenters. The molecule has 0 aliphatic heterocycles. The van der Waals surface area contributed by atoms with Crippen LogP contribution in [0.5, 0.6) is 0 Å². The Morgan fingerprint density at radius 3 is 2.45 bits per heavy atom. The van der Waals surface area contributed by atoms with Crippen LogP contribution in [0.15, 0.2) is 0 Å². The first-order valence-corrected chi connectivity index (χ1v) is 3.64. The Kier molecular flexibility index (Phi) is 1.10. The van der Waals surface area contributed by atoms with Gasteiger partial charge in [0.2, 0.25) is 0 Å². The van der Waals surface area contributed by atoms with Gasteiger partial charge in [0.15, 0.2) is 5.67 Å². The molecule has 4 atom stereocenters. The highest BCUT2D eigenvalue weighted by Gasteiger charge is 2.77. The molecular formula is C7H8F2O2. The van der Waals surface area contributed by atoms with Crippen molar-refractivity contribution in [2.75, 3.05) is 0 Å². The fourth-order valence-electron chi connectivity index (χ4n) is 2.17. The van der Waals surface area contributed by atoms with Crippen molar-refractivity contribution < 1.29 is 18.7 Å². The molecule has 0 saturated heterocycles. The van der Waals surface area contributed by atoms with Crippen LogP contribution in [-0.4, -0.2) is 22.9 Å². The molecule has 0 aromatic heterocycles. The second-order valence-corrected chi connectivity index (χ2v) is 3.29. The largest absolute Gasteiger partial charge is 0.481 e. The molecule has 2 fully saturated rings. The van der Waals surface area contributed by atoms with E-state index in [0.29, 0.717) is 6.42 Å². The zero-order valence-electron chi connectivity index (χ0n) is 5.76. The summed E-state index contributed by atoms with van der Waals surface area (Å²) in [6.07, 6.45) is -0.979. The van der Waals surface area contributed by atoms with Gasteiger partial charge in [0.05, 0.1) is 5.92 Å². The number of alkyl halides is 2. The van der Waals surface area contributed by atoms with Gasteiger partial charge in [-0.05, 0) is 12.8 Å². The quantitative estimate of drug-likeness (QED) is 0.628. The van der Waals surface area contributed by atoms with Crippen molar-refractivity contribution in [3.63, 3.8) is 0 Å². The third-order valence-electron chi connectivity index (χ3n) is 2.82. The number of carbonyl (C=O) groups is 1. The Labute approximate surface area is 62.2 Å². The number of hydrogen-bond acceptors (Lipinski definition) is 1. The lowest BCUT2D eigenvalue weighted by molar-refractivity contribution is -0.140. The van der Waals surface area contributed by atoms with Crippen molar-refractivity contribution in [2.24, 2.45) is 11.8 Å². The maximum absolute atomic E-state index is 13.2. The first-order chi connectivity index (χ1) is 5.08. The molecule has 0 aromatic carbocycles. The predicted molar refractivity (Wildman–Crippen MR) is 32.6 cm³/mol. The minimum atomic E-state index is -2.01. The molecule has 2 rings (SSSR count). The van der Waals surface area contributed by atoms with E-state index >= 15 is 0 Å². The minimum absolute atomic E-state index is 0.185. The van der Waals surface area contributed by atoms with E-state index in [4.69, 9.17) is 5.11 Å². The lowest BCUT2D eigenvalue weighted by atomic mass is 10.1. The van der Waals surface area contributed by atoms with E-state index in [2.05, 4.69) is 0 Å². The zero-order chi connectivity index (χ0) is 8.22. The van der Waals surface area contributed by atoms with Crippen LogP contribution in [0.3, 0.4) is 0 Å². The van der Waals surface area contributed by atoms with Gasteiger partial charge in [0.1, 0.15) is 6.17 Å². The highest BCUT2D eigenvalue weighted by Crippen LogP contribution is 2.64. The summed E-state index contributed by atoms with van der Waals surface area (Å²) < 4.78 is 26.0. The Morgan fingerprint density at radius 1 is 1.55 bits per heavy atom. The number of hydrogen-bond donors (Lipinski definition) is 1. The van der Waals surface area contributed by atoms with Gasteiger partial charge in [0.25, 0.3) is 0 Å². The molecule has 0 aromatic rings. The average Bonchev–Trinajstić information content (AvgIpc) is 2.43. The van der Waals surface area contributed by atoms with Crippen molar-refractivity contribution in [1.29, 1.82) is 0 Å². The van der Waals surface area contributed by atoms with Crippen LogP contribution in [0.25, 0.3) is 0 Å². The Morgan fingerprint density at radius 2 is 2.18 bits per heavy atom. The van der Waals surface area contributed by atoms with Crippen molar-refractivity contribution >= 4 is 5.97 Å². The van der Waals surface area contributed by atoms with Gasteiger partial charge in [-0.3, -0.25) is 4.79 Å². The Balaban J connectivity index is 2.19. The molecule has 11 heavy (non-hydrogen) atoms. The van der Waals surface area contributed by atoms with Gasteiger partial charge in [-0.25, -0.2) is 8.78 Å². The molecule has 2 nitrogen and oxygen atoms in total. The first kappa shape index (κ1) is 7.00. The zero-order valence-corrected chi connectivity index (χ0v) is 5.76. The van der Waals surface area contributed by atoms with E-state index in [1.165, 1.54) is 0 Å². The molecule has 0 radical (unpaired) electrons. The second-order valence-electron chi connectivity index (χ2n) is 3.29. The summed E-state index contributed by atoms with van der Waals surface area (Å²) in [5, 5.41) is 8.44. The van der Waals surface area contributed by atoms with Gasteiger partial charge in [-0.2, -0.15) is 0 Å². The van der Waals surface area contributed by atoms with Gasteiger partial charge >= 0.3 is 5.97 Å². The predicted octanol–water partition coefficient (Wildman–Crippen LogP) is 1.16. The summed E-state index contributed by atoms with van der Waals surface area (Å²) in [5.74, 6) is -2.80. The van der Waals surface area contributed by atoms with E-state index in [1.807, 2.05) is 0 Å². The van der Waals surface area contributed by atoms with E-state index in [9.17, 15) is 13.6 Å². The van der Waals surface area contributed by atoms with E-state index in [1.54, 1.807) is 0 Å². The molecule has 2 aliphatic rings. The van der Waals surface area contributed by atoms with Crippen LogP contribution in [0.1, 0.15) is 12.8 Å². The van der Waals surface area contributed by atoms with Crippen molar-refractivity contribution in [2.45, 2.75) is 24.7 Å². The average molecular weight is 162 g/mol. The topological polar surface area (TPSA) is 37.3 Å². The maximum atomic E-state index is 13.2. The molecule has 0 spiro atoms. The van der Waals surface area contributed by atoms with E-state index < -0.39 is 29.6 Å². The van der Waals surface area contributed by atoms with Crippen LogP contribution < -0.4 is 0 Å². The molecule has 4 heteroatoms. The Hall–Kier alpha value is -0.670. The number of rotatable bonds is 1. The lowest BCUT2D eigenvalue weighted by Gasteiger charge is -2.06. The van der Waals surface area contributed by atoms with Crippen LogP contribution in [0.4, 0.5) is 8.78 Å². The lowest BCUT2D eigenvalue weighted by Crippen LogP contribution is -2.22. The fourth-order valence-corrected chi connectivity index (χ4v) is 2.17. The number of carboxylic acid groups (broad SMARTS) is 1. The standard InChI is InChI=1S/C7H8F2O2/c8-4-2-1-3-5(6(10)11)7(3,4)9/h3-5H,1-2H2,(H,10,11). The molecule has 0 heterocycles. The first-order valence-electron chi connectivity index (χ1n) is 3.64. The third kappa shape index (κ3) is 0.625. The highest BCUT2D eigenvalue weighted by atomic mass is 19.2. The van der Waals surface area contributed by atoms with Gasteiger partial charge in [0, 0.05) is 5.92 Å². The maximum Gasteiger partial charge on any atom is 0.310 e. The van der Waals surface area contributed by atoms with Crippen LogP contribution >= 0.6 is 0 Å². The van der Waals surface area contributed by atoms with Gasteiger partial charge < -0.3 is 5.11 Å². The fraction of sp³-hybridized carbons (Fsp3) is 0.857. The summed E-state index contributed by atoms with van der Waals surface area (Å²) >= 11 is 0. The number of carboxylic acids is 1. The molecule has 2 saturated carbocycles. The van der Waals surface area contributed by atoms with E-state index in [-0.39, 0.29) is 6.42 Å². The van der Waals surface area contributed by atoms with Crippen molar-refractivity contribution in [1.82, 2.24) is 0 Å². The summed E-state index contributed by atoms with van der Waals surface area (Å²) in [6.45, 7) is 0. The van der Waals surface area contributed by atoms with Crippen molar-refractivity contribution in [3.8, 4) is 0 Å². The van der Waals surface area contributed by atoms with Crippen LogP contribution in [0, 0.1) is 11.8 Å².